The number of hydrogen-bond donors (Lipinski definition) is 1. The van der Waals surface area contributed by atoms with Gasteiger partial charge in [-0.3, -0.25) is 9.59 Å². The van der Waals surface area contributed by atoms with Gasteiger partial charge in [-0.2, -0.15) is 4.98 Å². The third kappa shape index (κ3) is 4.44. The van der Waals surface area contributed by atoms with Gasteiger partial charge >= 0.3 is 0 Å². The summed E-state index contributed by atoms with van der Waals surface area (Å²) < 4.78 is 12.2. The van der Waals surface area contributed by atoms with E-state index in [2.05, 4.69) is 15.5 Å². The zero-order chi connectivity index (χ0) is 22.5. The Kier molecular flexibility index (Phi) is 6.12. The van der Waals surface area contributed by atoms with E-state index in [-0.39, 0.29) is 23.9 Å². The van der Waals surface area contributed by atoms with E-state index in [1.807, 2.05) is 44.2 Å². The second-order valence-corrected chi connectivity index (χ2v) is 7.07. The molecule has 8 nitrogen and oxygen atoms in total. The van der Waals surface area contributed by atoms with E-state index in [1.165, 1.54) is 4.57 Å². The van der Waals surface area contributed by atoms with Gasteiger partial charge in [-0.15, -0.1) is 0 Å². The van der Waals surface area contributed by atoms with Gasteiger partial charge in [-0.25, -0.2) is 0 Å². The highest BCUT2D eigenvalue weighted by Gasteiger charge is 2.17. The highest BCUT2D eigenvalue weighted by molar-refractivity contribution is 5.92. The SMILES string of the molecule is CCOc1ccccc1NC(=O)Cn1cccc(-c2nc(-c3ccccc3C)no2)c1=O. The average molecular weight is 430 g/mol. The van der Waals surface area contributed by atoms with Crippen LogP contribution in [-0.4, -0.2) is 27.2 Å². The number of rotatable bonds is 7. The lowest BCUT2D eigenvalue weighted by molar-refractivity contribution is -0.116. The first kappa shape index (κ1) is 21.0. The van der Waals surface area contributed by atoms with Gasteiger partial charge in [-0.1, -0.05) is 41.6 Å². The summed E-state index contributed by atoms with van der Waals surface area (Å²) in [5.41, 5.74) is 2.19. The Morgan fingerprint density at radius 1 is 1.06 bits per heavy atom. The molecule has 0 spiro atoms. The van der Waals surface area contributed by atoms with E-state index < -0.39 is 5.56 Å². The molecule has 0 radical (unpaired) electrons. The van der Waals surface area contributed by atoms with Crippen LogP contribution in [-0.2, 0) is 11.3 Å². The minimum absolute atomic E-state index is 0.102. The van der Waals surface area contributed by atoms with E-state index in [9.17, 15) is 9.59 Å². The molecule has 0 unspecified atom stereocenters. The fourth-order valence-corrected chi connectivity index (χ4v) is 3.29. The molecule has 2 heterocycles. The Morgan fingerprint density at radius 3 is 2.62 bits per heavy atom. The van der Waals surface area contributed by atoms with Crippen molar-refractivity contribution in [3.63, 3.8) is 0 Å². The molecule has 1 N–H and O–H groups in total. The zero-order valence-corrected chi connectivity index (χ0v) is 17.7. The monoisotopic (exact) mass is 430 g/mol. The summed E-state index contributed by atoms with van der Waals surface area (Å²) in [5, 5.41) is 6.80. The van der Waals surface area contributed by atoms with Crippen molar-refractivity contribution in [3.8, 4) is 28.6 Å². The Morgan fingerprint density at radius 2 is 1.81 bits per heavy atom. The molecule has 0 saturated heterocycles. The van der Waals surface area contributed by atoms with Gasteiger partial charge in [0.05, 0.1) is 12.3 Å². The largest absolute Gasteiger partial charge is 0.492 e. The minimum atomic E-state index is -0.402. The summed E-state index contributed by atoms with van der Waals surface area (Å²) in [5.74, 6) is 0.712. The summed E-state index contributed by atoms with van der Waals surface area (Å²) in [6.07, 6.45) is 1.54. The predicted octanol–water partition coefficient (Wildman–Crippen LogP) is 3.91. The molecule has 1 amide bonds. The van der Waals surface area contributed by atoms with Gasteiger partial charge in [0.2, 0.25) is 11.7 Å². The second-order valence-electron chi connectivity index (χ2n) is 7.07. The predicted molar refractivity (Wildman–Crippen MR) is 120 cm³/mol. The molecule has 0 bridgehead atoms. The standard InChI is InChI=1S/C24H22N4O4/c1-3-31-20-13-7-6-12-19(20)25-21(29)15-28-14-8-11-18(24(28)30)23-26-22(27-32-23)17-10-5-4-9-16(17)2/h4-14H,3,15H2,1-2H3,(H,25,29). The Hall–Kier alpha value is -4.20. The van der Waals surface area contributed by atoms with Crippen molar-refractivity contribution >= 4 is 11.6 Å². The van der Waals surface area contributed by atoms with Crippen molar-refractivity contribution in [1.82, 2.24) is 14.7 Å². The van der Waals surface area contributed by atoms with Crippen LogP contribution in [0.2, 0.25) is 0 Å². The molecule has 2 aromatic carbocycles. The summed E-state index contributed by atoms with van der Waals surface area (Å²) in [6, 6.07) is 18.0. The third-order valence-electron chi connectivity index (χ3n) is 4.84. The Bertz CT molecular complexity index is 1310. The third-order valence-corrected chi connectivity index (χ3v) is 4.84. The molecule has 32 heavy (non-hydrogen) atoms. The van der Waals surface area contributed by atoms with E-state index >= 15 is 0 Å². The molecule has 0 atom stereocenters. The summed E-state index contributed by atoms with van der Waals surface area (Å²) in [6.45, 7) is 4.11. The fraction of sp³-hybridized carbons (Fsp3) is 0.167. The van der Waals surface area contributed by atoms with Crippen LogP contribution in [0.3, 0.4) is 0 Å². The van der Waals surface area contributed by atoms with Gasteiger partial charge in [0.25, 0.3) is 11.4 Å². The molecule has 0 aliphatic rings. The van der Waals surface area contributed by atoms with Crippen molar-refractivity contribution in [2.24, 2.45) is 0 Å². The van der Waals surface area contributed by atoms with E-state index in [1.54, 1.807) is 36.5 Å². The Labute approximate surface area is 184 Å². The molecule has 0 fully saturated rings. The topological polar surface area (TPSA) is 99.2 Å². The molecule has 0 aliphatic heterocycles. The normalized spacial score (nSPS) is 10.7. The van der Waals surface area contributed by atoms with Crippen LogP contribution in [0.25, 0.3) is 22.8 Å². The van der Waals surface area contributed by atoms with Gasteiger partial charge in [-0.05, 0) is 43.7 Å². The van der Waals surface area contributed by atoms with Crippen molar-refractivity contribution in [2.75, 3.05) is 11.9 Å². The molecule has 4 rings (SSSR count). The first-order chi connectivity index (χ1) is 15.6. The van der Waals surface area contributed by atoms with E-state index in [0.717, 1.165) is 11.1 Å². The number of ether oxygens (including phenoxy) is 1. The summed E-state index contributed by atoms with van der Waals surface area (Å²) in [4.78, 5) is 29.9. The number of carbonyl (C=O) groups excluding carboxylic acids is 1. The first-order valence-corrected chi connectivity index (χ1v) is 10.2. The minimum Gasteiger partial charge on any atom is -0.492 e. The molecule has 0 aliphatic carbocycles. The zero-order valence-electron chi connectivity index (χ0n) is 17.7. The van der Waals surface area contributed by atoms with Crippen molar-refractivity contribution in [2.45, 2.75) is 20.4 Å². The van der Waals surface area contributed by atoms with Crippen LogP contribution in [0.4, 0.5) is 5.69 Å². The van der Waals surface area contributed by atoms with Crippen molar-refractivity contribution in [3.05, 3.63) is 82.8 Å². The van der Waals surface area contributed by atoms with E-state index in [0.29, 0.717) is 23.9 Å². The van der Waals surface area contributed by atoms with Crippen LogP contribution >= 0.6 is 0 Å². The van der Waals surface area contributed by atoms with Crippen LogP contribution < -0.4 is 15.6 Å². The molecule has 2 aromatic heterocycles. The number of carbonyl (C=O) groups is 1. The molecule has 162 valence electrons. The molecule has 0 saturated carbocycles. The van der Waals surface area contributed by atoms with Gasteiger partial charge in [0, 0.05) is 11.8 Å². The highest BCUT2D eigenvalue weighted by atomic mass is 16.5. The highest BCUT2D eigenvalue weighted by Crippen LogP contribution is 2.24. The lowest BCUT2D eigenvalue weighted by Crippen LogP contribution is -2.28. The fourth-order valence-electron chi connectivity index (χ4n) is 3.29. The number of aryl methyl sites for hydroxylation is 1. The maximum absolute atomic E-state index is 13.0. The number of para-hydroxylation sites is 2. The van der Waals surface area contributed by atoms with Crippen molar-refractivity contribution in [1.29, 1.82) is 0 Å². The number of nitrogens with one attached hydrogen (secondary N) is 1. The quantitative estimate of drug-likeness (QED) is 0.477. The number of anilines is 1. The number of aromatic nitrogens is 3. The van der Waals surface area contributed by atoms with Crippen LogP contribution in [0.1, 0.15) is 12.5 Å². The number of hydrogen-bond acceptors (Lipinski definition) is 6. The summed E-state index contributed by atoms with van der Waals surface area (Å²) in [7, 11) is 0. The average Bonchev–Trinajstić information content (AvgIpc) is 3.27. The number of pyridine rings is 1. The van der Waals surface area contributed by atoms with Crippen molar-refractivity contribution < 1.29 is 14.1 Å². The lowest BCUT2D eigenvalue weighted by atomic mass is 10.1. The number of nitrogens with zero attached hydrogens (tertiary/aromatic N) is 3. The number of amides is 1. The molecule has 8 heteroatoms. The van der Waals surface area contributed by atoms with E-state index in [4.69, 9.17) is 9.26 Å². The maximum atomic E-state index is 13.0. The summed E-state index contributed by atoms with van der Waals surface area (Å²) >= 11 is 0. The first-order valence-electron chi connectivity index (χ1n) is 10.2. The van der Waals surface area contributed by atoms with Gasteiger partial charge in [0.15, 0.2) is 0 Å². The smallest absolute Gasteiger partial charge is 0.263 e. The maximum Gasteiger partial charge on any atom is 0.263 e. The lowest BCUT2D eigenvalue weighted by Gasteiger charge is -2.12. The second kappa shape index (κ2) is 9.30. The molecular formula is C24H22N4O4. The molecular weight excluding hydrogens is 408 g/mol. The Balaban J connectivity index is 1.56. The van der Waals surface area contributed by atoms with Gasteiger partial charge in [0.1, 0.15) is 17.9 Å². The van der Waals surface area contributed by atoms with Crippen LogP contribution in [0.15, 0.2) is 76.2 Å². The number of benzene rings is 2. The van der Waals surface area contributed by atoms with Crippen LogP contribution in [0, 0.1) is 6.92 Å². The van der Waals surface area contributed by atoms with Gasteiger partial charge < -0.3 is 19.1 Å². The van der Waals surface area contributed by atoms with Crippen LogP contribution in [0.5, 0.6) is 5.75 Å². The molecule has 4 aromatic rings.